The lowest BCUT2D eigenvalue weighted by Gasteiger charge is -2.36. The third-order valence-corrected chi connectivity index (χ3v) is 25.8. The molecule has 9 rings (SSSR count). The third-order valence-electron chi connectivity index (χ3n) is 24.7. The number of aliphatic hydroxyl groups excluding tert-OH is 1. The molecule has 3 aliphatic rings. The lowest BCUT2D eigenvalue weighted by atomic mass is 10.00. The highest BCUT2D eigenvalue weighted by molar-refractivity contribution is 8.00. The molecular formula is C93H131N25O20S. The summed E-state index contributed by atoms with van der Waals surface area (Å²) in [5.74, 6) is -18.4. The number of primary amides is 2. The predicted octanol–water partition coefficient (Wildman–Crippen LogP) is -2.78. The molecule has 3 aromatic heterocycles. The summed E-state index contributed by atoms with van der Waals surface area (Å²) in [6, 6.07) is -1.43. The van der Waals surface area contributed by atoms with Crippen molar-refractivity contribution in [2.24, 2.45) is 23.1 Å². The summed E-state index contributed by atoms with van der Waals surface area (Å²) in [7, 11) is 3.91. The van der Waals surface area contributed by atoms with E-state index in [2.05, 4.69) is 83.7 Å². The number of phenolic OH excluding ortho intramolecular Hbond substituents is 1. The number of imidazole rings is 1. The number of fused-ring (bicyclic) bond motifs is 4. The van der Waals surface area contributed by atoms with Crippen LogP contribution in [0.25, 0.3) is 21.8 Å². The normalized spacial score (nSPS) is 24.1. The molecule has 0 bridgehead atoms. The number of nitrogens with zero attached hydrogens (tertiary/aromatic N) is 6. The molecule has 0 spiro atoms. The molecule has 14 atom stereocenters. The van der Waals surface area contributed by atoms with Gasteiger partial charge in [-0.2, -0.15) is 0 Å². The van der Waals surface area contributed by atoms with Crippen molar-refractivity contribution in [1.82, 2.24) is 108 Å². The van der Waals surface area contributed by atoms with Gasteiger partial charge in [0.15, 0.2) is 5.96 Å². The zero-order valence-corrected chi connectivity index (χ0v) is 80.2. The van der Waals surface area contributed by atoms with Crippen LogP contribution >= 0.6 is 11.8 Å². The number of aliphatic hydroxyl groups is 1. The molecule has 3 aliphatic heterocycles. The molecule has 0 radical (unpaired) electrons. The molecule has 139 heavy (non-hydrogen) atoms. The van der Waals surface area contributed by atoms with Gasteiger partial charge in [-0.25, -0.2) is 4.98 Å². The van der Waals surface area contributed by atoms with E-state index in [-0.39, 0.29) is 115 Å². The van der Waals surface area contributed by atoms with Crippen LogP contribution in [0.1, 0.15) is 147 Å². The Bertz CT molecular complexity index is 5360. The molecule has 3 fully saturated rings. The first-order valence-corrected chi connectivity index (χ1v) is 47.8. The van der Waals surface area contributed by atoms with Crippen LogP contribution in [0.5, 0.6) is 5.75 Å². The maximum Gasteiger partial charge on any atom is 0.246 e. The zero-order chi connectivity index (χ0) is 101. The fraction of sp³-hybridized carbons (Fsp3) is 0.527. The predicted molar refractivity (Wildman–Crippen MR) is 511 cm³/mol. The largest absolute Gasteiger partial charge is 0.508 e. The van der Waals surface area contributed by atoms with Crippen molar-refractivity contribution in [3.8, 4) is 5.75 Å². The Balaban J connectivity index is 1.07. The van der Waals surface area contributed by atoms with Crippen molar-refractivity contribution in [3.63, 3.8) is 0 Å². The van der Waals surface area contributed by atoms with E-state index >= 15 is 33.6 Å². The summed E-state index contributed by atoms with van der Waals surface area (Å²) >= 11 is 0.757. The van der Waals surface area contributed by atoms with E-state index in [4.69, 9.17) is 22.6 Å². The number of likely N-dealkylation sites (N-methyl/N-ethyl adjacent to an activating group) is 3. The number of carbonyl (C=O) groups is 18. The number of nitrogens with two attached hydrogens (primary N) is 3. The van der Waals surface area contributed by atoms with Gasteiger partial charge in [0.05, 0.1) is 38.2 Å². The molecular weight excluding hydrogens is 1820 g/mol. The minimum atomic E-state index is -1.85. The zero-order valence-electron chi connectivity index (χ0n) is 79.3. The van der Waals surface area contributed by atoms with Gasteiger partial charge in [0, 0.05) is 118 Å². The molecule has 46 heteroatoms. The number of carbonyl (C=O) groups excluding carboxylic acids is 18. The van der Waals surface area contributed by atoms with Gasteiger partial charge in [-0.3, -0.25) is 91.7 Å². The topological polar surface area (TPSA) is 670 Å². The van der Waals surface area contributed by atoms with Gasteiger partial charge in [-0.1, -0.05) is 102 Å². The number of rotatable bonds is 26. The second-order valence-electron chi connectivity index (χ2n) is 35.5. The Morgan fingerprint density at radius 2 is 1.04 bits per heavy atom. The first-order valence-electron chi connectivity index (χ1n) is 46.7. The number of H-pyrrole nitrogens is 3. The van der Waals surface area contributed by atoms with Gasteiger partial charge in [-0.05, 0) is 112 Å². The Kier molecular flexibility index (Phi) is 40.9. The summed E-state index contributed by atoms with van der Waals surface area (Å²) in [5, 5.41) is 62.2. The number of para-hydroxylation sites is 2. The van der Waals surface area contributed by atoms with E-state index in [0.29, 0.717) is 69.9 Å². The summed E-state index contributed by atoms with van der Waals surface area (Å²) in [6.45, 7) is 5.82. The van der Waals surface area contributed by atoms with Crippen LogP contribution in [-0.4, -0.2) is 324 Å². The number of aromatic nitrogens is 4. The van der Waals surface area contributed by atoms with Gasteiger partial charge in [0.2, 0.25) is 106 Å². The van der Waals surface area contributed by atoms with Crippen molar-refractivity contribution in [2.75, 3.05) is 72.0 Å². The van der Waals surface area contributed by atoms with Crippen molar-refractivity contribution in [2.45, 2.75) is 235 Å². The number of guanidine groups is 1. The van der Waals surface area contributed by atoms with Crippen LogP contribution in [0.15, 0.2) is 97.7 Å². The molecule has 6 aromatic rings. The summed E-state index contributed by atoms with van der Waals surface area (Å²) in [4.78, 5) is 282. The summed E-state index contributed by atoms with van der Waals surface area (Å²) < 4.78 is 0. The average molecular weight is 1950 g/mol. The maximum atomic E-state index is 15.8. The van der Waals surface area contributed by atoms with E-state index in [1.807, 2.05) is 13.8 Å². The highest BCUT2D eigenvalue weighted by atomic mass is 32.2. The lowest BCUT2D eigenvalue weighted by molar-refractivity contribution is -0.149. The van der Waals surface area contributed by atoms with Crippen LogP contribution in [0.4, 0.5) is 0 Å². The quantitative estimate of drug-likeness (QED) is 0.0148. The maximum absolute atomic E-state index is 15.8. The van der Waals surface area contributed by atoms with E-state index in [0.717, 1.165) is 31.4 Å². The van der Waals surface area contributed by atoms with Crippen molar-refractivity contribution >= 4 is 146 Å². The Labute approximate surface area is 807 Å². The van der Waals surface area contributed by atoms with Crippen LogP contribution in [0.2, 0.25) is 0 Å². The number of hydrogen-bond acceptors (Lipinski definition) is 23. The van der Waals surface area contributed by atoms with E-state index in [1.54, 1.807) is 74.8 Å². The molecule has 3 saturated heterocycles. The number of amides is 18. The SMILES string of the molecule is CCCC[C@H]1C(=O)N(C)[C@@H](CCCC)C(=O)N[C@@H](CCCNC(=N)N)C(=O)NC(C(=O)NCC(N)=O)CSCC(=O)N[C@@H](Cc2ccc(O)cc2)C(=O)N(C)[C@@H](C)C(=O)N[C@@H](CC(N)=O)C(=O)N2CCC[C@H]2C(=O)N[C@@H](Cc2cnc[nH]2)C(=O)NCC(=O)N[C@@H](CC(C)C)C(=O)N2CCC[C@H]2C(=O)N[C@@H](Cc2c[nH]c3ccccc23)C(=O)N[C@@H](CO)C(=O)N[C@@H](Cc2c[nH]c3ccccc23)C(=O)N1C. The van der Waals surface area contributed by atoms with Gasteiger partial charge in [0.25, 0.3) is 0 Å². The van der Waals surface area contributed by atoms with Crippen LogP contribution in [-0.2, 0) is 112 Å². The number of aromatic amines is 3. The fourth-order valence-electron chi connectivity index (χ4n) is 17.1. The van der Waals surface area contributed by atoms with Crippen LogP contribution in [0, 0.1) is 11.3 Å². The van der Waals surface area contributed by atoms with E-state index in [9.17, 15) is 63.0 Å². The lowest BCUT2D eigenvalue weighted by Crippen LogP contribution is -2.61. The van der Waals surface area contributed by atoms with E-state index in [1.165, 1.54) is 69.8 Å². The Morgan fingerprint density at radius 1 is 0.525 bits per heavy atom. The Hall–Kier alpha value is -14.2. The molecule has 1 unspecified atom stereocenters. The second-order valence-corrected chi connectivity index (χ2v) is 36.6. The highest BCUT2D eigenvalue weighted by Gasteiger charge is 2.45. The van der Waals surface area contributed by atoms with Crippen molar-refractivity contribution < 1.29 is 96.5 Å². The smallest absolute Gasteiger partial charge is 0.246 e. The second kappa shape index (κ2) is 52.4. The standard InChI is InChI=1S/C93H131N25O20S/c1-9-11-25-71-85(131)107-62(24-17-33-99-93(96)97)82(128)113-70(81(127)102-45-76(95)122)48-139-49-78(124)106-66(37-53-29-31-57(120)32-30-53)88(134)114(6)52(5)79(125)110-68(41-75(94)121)91(137)118-35-19-28-73(118)87(133)109-64(40-56-44-98-50-104-56)80(126)103-46-77(123)105-65(36-51(3)4)90(136)117-34-18-27-72(117)86(132)108-63(38-54-42-100-60-22-15-13-20-58(54)60)83(129)112-69(47-119)84(130)111-67(39-55-43-101-61-23-16-14-21-59(55)61)89(135)116(8)74(26-12-10-2)92(138)115(71)7/h13-16,20-23,29-32,42-44,50-52,62-74,100-101,119-120H,9-12,17-19,24-28,33-41,45-49H2,1-8H3,(H2,94,121)(H2,95,122)(H,98,104)(H,102,127)(H,103,126)(H,105,123)(H,106,124)(H,107,131)(H,108,132)(H,109,133)(H,110,125)(H,111,130)(H,112,129)(H,113,128)(H4,96,97,99)/t52-,62-,63-,64-,65-,66-,67-,68-,69-,70?,71-,72-,73-,74-/m0/s1. The van der Waals surface area contributed by atoms with E-state index < -0.39 is 234 Å². The van der Waals surface area contributed by atoms with Crippen molar-refractivity contribution in [3.05, 3.63) is 120 Å². The number of phenols is 1. The molecule has 0 saturated carbocycles. The number of thioether (sulfide) groups is 1. The summed E-state index contributed by atoms with van der Waals surface area (Å²) in [6.07, 6.45) is 6.08. The first kappa shape index (κ1) is 108. The molecule has 18 amide bonds. The first-order chi connectivity index (χ1) is 66.3. The number of hydrogen-bond donors (Lipinski definition) is 21. The third kappa shape index (κ3) is 30.9. The number of unbranched alkanes of at least 4 members (excludes halogenated alkanes) is 2. The number of aromatic hydroxyl groups is 1. The molecule has 24 N–H and O–H groups in total. The molecule has 45 nitrogen and oxygen atoms in total. The van der Waals surface area contributed by atoms with Gasteiger partial charge >= 0.3 is 0 Å². The van der Waals surface area contributed by atoms with Gasteiger partial charge < -0.3 is 131 Å². The highest BCUT2D eigenvalue weighted by Crippen LogP contribution is 2.28. The number of benzene rings is 3. The molecule has 0 aliphatic carbocycles. The van der Waals surface area contributed by atoms with Gasteiger partial charge in [0.1, 0.15) is 90.3 Å². The molecule has 754 valence electrons. The molecule has 6 heterocycles. The fourth-order valence-corrected chi connectivity index (χ4v) is 17.9. The van der Waals surface area contributed by atoms with Crippen molar-refractivity contribution in [1.29, 1.82) is 5.41 Å². The summed E-state index contributed by atoms with van der Waals surface area (Å²) in [5.41, 5.74) is 19.9. The monoisotopic (exact) mass is 1950 g/mol. The average Bonchev–Trinajstić information content (AvgIpc) is 1.37. The minimum absolute atomic E-state index is 0.00183. The Morgan fingerprint density at radius 3 is 1.61 bits per heavy atom. The van der Waals surface area contributed by atoms with Crippen LogP contribution < -0.4 is 81.0 Å². The number of nitrogens with one attached hydrogen (secondary N) is 16. The molecule has 3 aromatic carbocycles. The van der Waals surface area contributed by atoms with Crippen LogP contribution in [0.3, 0.4) is 0 Å². The minimum Gasteiger partial charge on any atom is -0.508 e. The van der Waals surface area contributed by atoms with Gasteiger partial charge in [-0.15, -0.1) is 11.8 Å².